The first-order valence-corrected chi connectivity index (χ1v) is 5.79. The van der Waals surface area contributed by atoms with Crippen molar-refractivity contribution in [3.05, 3.63) is 56.5 Å². The molecular weight excluding hydrogens is 243 g/mol. The van der Waals surface area contributed by atoms with Crippen LogP contribution in [-0.2, 0) is 6.54 Å². The SMILES string of the molecule is O=[N+]([O-])c1cc(F)cc(CNc2ccsc2)c1. The van der Waals surface area contributed by atoms with Gasteiger partial charge in [-0.1, -0.05) is 0 Å². The summed E-state index contributed by atoms with van der Waals surface area (Å²) in [4.78, 5) is 9.96. The second-order valence-corrected chi connectivity index (χ2v) is 4.22. The Morgan fingerprint density at radius 2 is 2.24 bits per heavy atom. The van der Waals surface area contributed by atoms with E-state index in [0.29, 0.717) is 12.1 Å². The average Bonchev–Trinajstić information content (AvgIpc) is 2.78. The number of nitro benzene ring substituents is 1. The molecule has 0 aliphatic carbocycles. The zero-order valence-corrected chi connectivity index (χ0v) is 9.54. The molecule has 0 fully saturated rings. The number of hydrogen-bond donors (Lipinski definition) is 1. The molecule has 4 nitrogen and oxygen atoms in total. The van der Waals surface area contributed by atoms with E-state index in [1.54, 1.807) is 11.3 Å². The minimum absolute atomic E-state index is 0.230. The molecule has 0 amide bonds. The van der Waals surface area contributed by atoms with Crippen LogP contribution in [-0.4, -0.2) is 4.92 Å². The fourth-order valence-corrected chi connectivity index (χ4v) is 2.02. The summed E-state index contributed by atoms with van der Waals surface area (Å²) in [6, 6.07) is 5.45. The number of anilines is 1. The third-order valence-corrected chi connectivity index (χ3v) is 2.85. The van der Waals surface area contributed by atoms with Crippen molar-refractivity contribution in [2.75, 3.05) is 5.32 Å². The van der Waals surface area contributed by atoms with Gasteiger partial charge in [0.1, 0.15) is 5.82 Å². The van der Waals surface area contributed by atoms with Crippen molar-refractivity contribution in [2.45, 2.75) is 6.54 Å². The molecule has 1 heterocycles. The molecule has 2 rings (SSSR count). The maximum Gasteiger partial charge on any atom is 0.272 e. The van der Waals surface area contributed by atoms with Crippen molar-refractivity contribution in [2.24, 2.45) is 0 Å². The van der Waals surface area contributed by atoms with Crippen LogP contribution in [0.5, 0.6) is 0 Å². The van der Waals surface area contributed by atoms with Crippen LogP contribution in [0.3, 0.4) is 0 Å². The van der Waals surface area contributed by atoms with Gasteiger partial charge in [-0.05, 0) is 23.1 Å². The standard InChI is InChI=1S/C11H9FN2O2S/c12-9-3-8(4-11(5-9)14(15)16)6-13-10-1-2-17-7-10/h1-5,7,13H,6H2. The van der Waals surface area contributed by atoms with Crippen LogP contribution in [0.1, 0.15) is 5.56 Å². The Balaban J connectivity index is 2.13. The molecule has 0 radical (unpaired) electrons. The van der Waals surface area contributed by atoms with Gasteiger partial charge < -0.3 is 5.32 Å². The molecular formula is C11H9FN2O2S. The summed E-state index contributed by atoms with van der Waals surface area (Å²) in [5, 5.41) is 17.4. The highest BCUT2D eigenvalue weighted by atomic mass is 32.1. The van der Waals surface area contributed by atoms with Crippen molar-refractivity contribution in [1.29, 1.82) is 0 Å². The molecule has 1 aromatic heterocycles. The van der Waals surface area contributed by atoms with E-state index in [2.05, 4.69) is 5.32 Å². The van der Waals surface area contributed by atoms with Crippen molar-refractivity contribution in [1.82, 2.24) is 0 Å². The molecule has 1 aromatic carbocycles. The van der Waals surface area contributed by atoms with Crippen LogP contribution < -0.4 is 5.32 Å². The first kappa shape index (κ1) is 11.5. The van der Waals surface area contributed by atoms with E-state index in [4.69, 9.17) is 0 Å². The summed E-state index contributed by atoms with van der Waals surface area (Å²) < 4.78 is 13.1. The molecule has 2 aromatic rings. The van der Waals surface area contributed by atoms with Gasteiger partial charge in [0.2, 0.25) is 0 Å². The van der Waals surface area contributed by atoms with Crippen LogP contribution in [0.4, 0.5) is 15.8 Å². The molecule has 0 saturated carbocycles. The Kier molecular flexibility index (Phi) is 3.34. The van der Waals surface area contributed by atoms with Gasteiger partial charge in [-0.2, -0.15) is 11.3 Å². The highest BCUT2D eigenvalue weighted by Gasteiger charge is 2.09. The lowest BCUT2D eigenvalue weighted by atomic mass is 10.2. The minimum Gasteiger partial charge on any atom is -0.380 e. The molecule has 17 heavy (non-hydrogen) atoms. The van der Waals surface area contributed by atoms with Gasteiger partial charge in [0, 0.05) is 23.7 Å². The van der Waals surface area contributed by atoms with Gasteiger partial charge in [0.05, 0.1) is 11.0 Å². The number of thiophene rings is 1. The van der Waals surface area contributed by atoms with Gasteiger partial charge in [0.25, 0.3) is 5.69 Å². The molecule has 0 spiro atoms. The Labute approximate surface area is 101 Å². The van der Waals surface area contributed by atoms with E-state index >= 15 is 0 Å². The zero-order valence-electron chi connectivity index (χ0n) is 8.72. The number of halogens is 1. The molecule has 0 aliphatic rings. The van der Waals surface area contributed by atoms with Gasteiger partial charge in [0.15, 0.2) is 0 Å². The summed E-state index contributed by atoms with van der Waals surface area (Å²) >= 11 is 1.54. The highest BCUT2D eigenvalue weighted by Crippen LogP contribution is 2.18. The Morgan fingerprint density at radius 3 is 2.88 bits per heavy atom. The highest BCUT2D eigenvalue weighted by molar-refractivity contribution is 7.08. The van der Waals surface area contributed by atoms with Gasteiger partial charge >= 0.3 is 0 Å². The van der Waals surface area contributed by atoms with E-state index < -0.39 is 10.7 Å². The predicted molar refractivity (Wildman–Crippen MR) is 64.7 cm³/mol. The third-order valence-electron chi connectivity index (χ3n) is 2.17. The lowest BCUT2D eigenvalue weighted by molar-refractivity contribution is -0.385. The largest absolute Gasteiger partial charge is 0.380 e. The fraction of sp³-hybridized carbons (Fsp3) is 0.0909. The second kappa shape index (κ2) is 4.92. The maximum absolute atomic E-state index is 13.1. The molecule has 0 aliphatic heterocycles. The van der Waals surface area contributed by atoms with Crippen molar-refractivity contribution in [3.63, 3.8) is 0 Å². The quantitative estimate of drug-likeness (QED) is 0.670. The summed E-state index contributed by atoms with van der Waals surface area (Å²) in [5.74, 6) is -0.596. The summed E-state index contributed by atoms with van der Waals surface area (Å²) in [7, 11) is 0. The lowest BCUT2D eigenvalue weighted by Gasteiger charge is -2.04. The van der Waals surface area contributed by atoms with Crippen LogP contribution in [0.2, 0.25) is 0 Å². The van der Waals surface area contributed by atoms with Gasteiger partial charge in [-0.3, -0.25) is 10.1 Å². The van der Waals surface area contributed by atoms with Crippen LogP contribution in [0.15, 0.2) is 35.0 Å². The molecule has 0 unspecified atom stereocenters. The van der Waals surface area contributed by atoms with Crippen LogP contribution in [0.25, 0.3) is 0 Å². The maximum atomic E-state index is 13.1. The lowest BCUT2D eigenvalue weighted by Crippen LogP contribution is -2.00. The number of benzene rings is 1. The third kappa shape index (κ3) is 3.01. The van der Waals surface area contributed by atoms with Crippen molar-refractivity contribution < 1.29 is 9.31 Å². The number of hydrogen-bond acceptors (Lipinski definition) is 4. The van der Waals surface area contributed by atoms with E-state index in [1.807, 2.05) is 16.8 Å². The minimum atomic E-state index is -0.600. The first-order chi connectivity index (χ1) is 8.15. The molecule has 0 bridgehead atoms. The molecule has 6 heteroatoms. The van der Waals surface area contributed by atoms with E-state index in [-0.39, 0.29) is 5.69 Å². The van der Waals surface area contributed by atoms with Crippen molar-refractivity contribution >= 4 is 22.7 Å². The first-order valence-electron chi connectivity index (χ1n) is 4.85. The normalized spacial score (nSPS) is 10.2. The van der Waals surface area contributed by atoms with Crippen molar-refractivity contribution in [3.8, 4) is 0 Å². The molecule has 88 valence electrons. The van der Waals surface area contributed by atoms with E-state index in [9.17, 15) is 14.5 Å². The number of nitrogens with one attached hydrogen (secondary N) is 1. The van der Waals surface area contributed by atoms with Gasteiger partial charge in [-0.25, -0.2) is 4.39 Å². The molecule has 1 N–H and O–H groups in total. The number of nitro groups is 1. The Bertz CT molecular complexity index is 528. The predicted octanol–water partition coefficient (Wildman–Crippen LogP) is 3.41. The fourth-order valence-electron chi connectivity index (χ4n) is 1.41. The average molecular weight is 252 g/mol. The summed E-state index contributed by atoms with van der Waals surface area (Å²) in [6.45, 7) is 0.356. The molecule has 0 saturated heterocycles. The van der Waals surface area contributed by atoms with Crippen LogP contribution >= 0.6 is 11.3 Å². The van der Waals surface area contributed by atoms with Crippen LogP contribution in [0, 0.1) is 15.9 Å². The monoisotopic (exact) mass is 252 g/mol. The number of nitrogens with zero attached hydrogens (tertiary/aromatic N) is 1. The summed E-state index contributed by atoms with van der Waals surface area (Å²) in [5.41, 5.74) is 1.23. The Hall–Kier alpha value is -1.95. The van der Waals surface area contributed by atoms with Gasteiger partial charge in [-0.15, -0.1) is 0 Å². The smallest absolute Gasteiger partial charge is 0.272 e. The molecule has 0 atom stereocenters. The number of non-ortho nitro benzene ring substituents is 1. The summed E-state index contributed by atoms with van der Waals surface area (Å²) in [6.07, 6.45) is 0. The zero-order chi connectivity index (χ0) is 12.3. The Morgan fingerprint density at radius 1 is 1.41 bits per heavy atom. The number of rotatable bonds is 4. The van der Waals surface area contributed by atoms with E-state index in [1.165, 1.54) is 12.1 Å². The topological polar surface area (TPSA) is 55.2 Å². The second-order valence-electron chi connectivity index (χ2n) is 3.44. The van der Waals surface area contributed by atoms with E-state index in [0.717, 1.165) is 11.8 Å².